The lowest BCUT2D eigenvalue weighted by molar-refractivity contribution is -0.145. The summed E-state index contributed by atoms with van der Waals surface area (Å²) in [5, 5.41) is 2.86. The molecular formula is C21H16F3N3O5S. The topological polar surface area (TPSA) is 107 Å². The highest BCUT2D eigenvalue weighted by atomic mass is 32.2. The number of para-hydroxylation sites is 1. The summed E-state index contributed by atoms with van der Waals surface area (Å²) in [5.74, 6) is -3.68. The molecule has 0 aliphatic carbocycles. The lowest BCUT2D eigenvalue weighted by Gasteiger charge is -2.11. The van der Waals surface area contributed by atoms with Crippen LogP contribution < -0.4 is 5.32 Å². The van der Waals surface area contributed by atoms with Crippen molar-refractivity contribution in [3.8, 4) is 0 Å². The van der Waals surface area contributed by atoms with Crippen molar-refractivity contribution in [3.05, 3.63) is 59.4 Å². The number of fused-ring (bicyclic) bond motifs is 1. The first-order chi connectivity index (χ1) is 15.6. The van der Waals surface area contributed by atoms with Crippen molar-refractivity contribution in [1.82, 2.24) is 9.97 Å². The highest BCUT2D eigenvalue weighted by molar-refractivity contribution is 8.00. The monoisotopic (exact) mass is 479 g/mol. The van der Waals surface area contributed by atoms with E-state index in [9.17, 15) is 27.6 Å². The summed E-state index contributed by atoms with van der Waals surface area (Å²) in [4.78, 5) is 43.3. The number of methoxy groups -OCH3 is 2. The summed E-state index contributed by atoms with van der Waals surface area (Å²) in [5.41, 5.74) is 0.198. The number of benzene rings is 2. The predicted octanol–water partition coefficient (Wildman–Crippen LogP) is 3.95. The summed E-state index contributed by atoms with van der Waals surface area (Å²) in [7, 11) is 2.31. The number of halogens is 3. The number of nitrogens with zero attached hydrogens (tertiary/aromatic N) is 2. The van der Waals surface area contributed by atoms with E-state index in [1.54, 1.807) is 18.2 Å². The molecule has 0 saturated heterocycles. The van der Waals surface area contributed by atoms with Gasteiger partial charge < -0.3 is 14.8 Å². The number of aromatic nitrogens is 2. The van der Waals surface area contributed by atoms with Gasteiger partial charge in [0, 0.05) is 11.1 Å². The zero-order valence-corrected chi connectivity index (χ0v) is 18.0. The van der Waals surface area contributed by atoms with Gasteiger partial charge in [-0.05, 0) is 24.3 Å². The molecule has 1 N–H and O–H groups in total. The quantitative estimate of drug-likeness (QED) is 0.322. The molecule has 0 saturated carbocycles. The van der Waals surface area contributed by atoms with Crippen LogP contribution in [0.25, 0.3) is 10.9 Å². The SMILES string of the molecule is COC(=O)c1cc(NC(=O)CSc2nc(C(F)(F)F)nc3ccccc23)cc(C(=O)OC)c1. The molecule has 0 spiro atoms. The Morgan fingerprint density at radius 2 is 1.58 bits per heavy atom. The van der Waals surface area contributed by atoms with Crippen molar-refractivity contribution >= 4 is 46.2 Å². The van der Waals surface area contributed by atoms with Crippen LogP contribution >= 0.6 is 11.8 Å². The van der Waals surface area contributed by atoms with Crippen LogP contribution in [0.15, 0.2) is 47.5 Å². The maximum absolute atomic E-state index is 13.2. The van der Waals surface area contributed by atoms with Gasteiger partial charge in [-0.15, -0.1) is 0 Å². The molecule has 3 rings (SSSR count). The van der Waals surface area contributed by atoms with Crippen LogP contribution in [0.4, 0.5) is 18.9 Å². The van der Waals surface area contributed by atoms with Gasteiger partial charge in [0.2, 0.25) is 11.7 Å². The van der Waals surface area contributed by atoms with Crippen molar-refractivity contribution in [2.24, 2.45) is 0 Å². The maximum atomic E-state index is 13.2. The normalized spacial score (nSPS) is 11.2. The summed E-state index contributed by atoms with van der Waals surface area (Å²) in [6, 6.07) is 9.97. The molecule has 0 radical (unpaired) electrons. The molecule has 0 aliphatic heterocycles. The van der Waals surface area contributed by atoms with E-state index in [1.807, 2.05) is 0 Å². The number of amides is 1. The molecule has 12 heteroatoms. The summed E-state index contributed by atoms with van der Waals surface area (Å²) in [6.45, 7) is 0. The third-order valence-corrected chi connectivity index (χ3v) is 5.21. The molecule has 3 aromatic rings. The van der Waals surface area contributed by atoms with Crippen LogP contribution in [0.2, 0.25) is 0 Å². The average Bonchev–Trinajstić information content (AvgIpc) is 2.80. The number of hydrogen-bond acceptors (Lipinski definition) is 8. The molecule has 0 aliphatic rings. The van der Waals surface area contributed by atoms with E-state index in [4.69, 9.17) is 0 Å². The standard InChI is InChI=1S/C21H16F3N3O5S/c1-31-18(29)11-7-12(19(30)32-2)9-13(8-11)25-16(28)10-33-17-14-5-3-4-6-15(14)26-20(27-17)21(22,23)24/h3-9H,10H2,1-2H3,(H,25,28). The molecule has 0 bridgehead atoms. The van der Waals surface area contributed by atoms with E-state index in [1.165, 1.54) is 24.3 Å². The molecule has 2 aromatic carbocycles. The Morgan fingerprint density at radius 3 is 2.15 bits per heavy atom. The van der Waals surface area contributed by atoms with Gasteiger partial charge >= 0.3 is 18.1 Å². The number of carbonyl (C=O) groups is 3. The average molecular weight is 479 g/mol. The van der Waals surface area contributed by atoms with E-state index in [0.717, 1.165) is 26.0 Å². The van der Waals surface area contributed by atoms with E-state index >= 15 is 0 Å². The van der Waals surface area contributed by atoms with Gasteiger partial charge in [0.15, 0.2) is 0 Å². The first kappa shape index (κ1) is 24.0. The number of carbonyl (C=O) groups excluding carboxylic acids is 3. The van der Waals surface area contributed by atoms with Crippen molar-refractivity contribution in [1.29, 1.82) is 0 Å². The summed E-state index contributed by atoms with van der Waals surface area (Å²) in [6.07, 6.45) is -4.75. The Balaban J connectivity index is 1.83. The van der Waals surface area contributed by atoms with Crippen molar-refractivity contribution < 1.29 is 37.0 Å². The predicted molar refractivity (Wildman–Crippen MR) is 113 cm³/mol. The second-order valence-corrected chi connectivity index (χ2v) is 7.45. The molecule has 0 unspecified atom stereocenters. The van der Waals surface area contributed by atoms with Crippen LogP contribution in [-0.2, 0) is 20.4 Å². The summed E-state index contributed by atoms with van der Waals surface area (Å²) < 4.78 is 48.7. The highest BCUT2D eigenvalue weighted by Crippen LogP contribution is 2.32. The number of hydrogen-bond donors (Lipinski definition) is 1. The molecular weight excluding hydrogens is 463 g/mol. The van der Waals surface area contributed by atoms with Crippen molar-refractivity contribution in [2.75, 3.05) is 25.3 Å². The number of alkyl halides is 3. The van der Waals surface area contributed by atoms with Crippen molar-refractivity contribution in [3.63, 3.8) is 0 Å². The molecule has 8 nitrogen and oxygen atoms in total. The molecule has 172 valence electrons. The highest BCUT2D eigenvalue weighted by Gasteiger charge is 2.35. The Labute approximate surface area is 189 Å². The lowest BCUT2D eigenvalue weighted by Crippen LogP contribution is -2.16. The van der Waals surface area contributed by atoms with Gasteiger partial charge in [-0.2, -0.15) is 13.2 Å². The van der Waals surface area contributed by atoms with Gasteiger partial charge in [-0.3, -0.25) is 4.79 Å². The number of nitrogens with one attached hydrogen (secondary N) is 1. The fraction of sp³-hybridized carbons (Fsp3) is 0.190. The first-order valence-electron chi connectivity index (χ1n) is 9.20. The van der Waals surface area contributed by atoms with E-state index in [2.05, 4.69) is 24.8 Å². The zero-order chi connectivity index (χ0) is 24.2. The van der Waals surface area contributed by atoms with Gasteiger partial charge in [-0.25, -0.2) is 19.6 Å². The zero-order valence-electron chi connectivity index (χ0n) is 17.2. The van der Waals surface area contributed by atoms with Crippen molar-refractivity contribution in [2.45, 2.75) is 11.2 Å². The third kappa shape index (κ3) is 5.77. The van der Waals surface area contributed by atoms with Crippen LogP contribution in [0, 0.1) is 0 Å². The lowest BCUT2D eigenvalue weighted by atomic mass is 10.1. The second-order valence-electron chi connectivity index (χ2n) is 6.49. The minimum absolute atomic E-state index is 0.0000310. The first-order valence-corrected chi connectivity index (χ1v) is 10.2. The fourth-order valence-electron chi connectivity index (χ4n) is 2.79. The Hall–Kier alpha value is -3.67. The second kappa shape index (κ2) is 9.86. The van der Waals surface area contributed by atoms with E-state index in [-0.39, 0.29) is 33.1 Å². The Bertz CT molecular complexity index is 1200. The van der Waals surface area contributed by atoms with E-state index < -0.39 is 29.8 Å². The van der Waals surface area contributed by atoms with Crippen LogP contribution in [-0.4, -0.2) is 47.8 Å². The molecule has 1 aromatic heterocycles. The maximum Gasteiger partial charge on any atom is 0.451 e. The van der Waals surface area contributed by atoms with Gasteiger partial charge in [0.25, 0.3) is 0 Å². The van der Waals surface area contributed by atoms with Crippen LogP contribution in [0.5, 0.6) is 0 Å². The number of thioether (sulfide) groups is 1. The minimum Gasteiger partial charge on any atom is -0.465 e. The van der Waals surface area contributed by atoms with E-state index in [0.29, 0.717) is 5.39 Å². The smallest absolute Gasteiger partial charge is 0.451 e. The third-order valence-electron chi connectivity index (χ3n) is 4.22. The fourth-order valence-corrected chi connectivity index (χ4v) is 3.61. The largest absolute Gasteiger partial charge is 0.465 e. The number of anilines is 1. The van der Waals surface area contributed by atoms with Gasteiger partial charge in [-0.1, -0.05) is 30.0 Å². The molecule has 1 heterocycles. The number of rotatable bonds is 6. The molecule has 33 heavy (non-hydrogen) atoms. The Morgan fingerprint density at radius 1 is 0.970 bits per heavy atom. The van der Waals surface area contributed by atoms with Crippen LogP contribution in [0.3, 0.4) is 0 Å². The molecule has 1 amide bonds. The minimum atomic E-state index is -4.75. The molecule has 0 atom stereocenters. The molecule has 0 fully saturated rings. The Kier molecular flexibility index (Phi) is 7.16. The number of ether oxygens (including phenoxy) is 2. The van der Waals surface area contributed by atoms with Gasteiger partial charge in [0.1, 0.15) is 5.03 Å². The number of esters is 2. The van der Waals surface area contributed by atoms with Gasteiger partial charge in [0.05, 0.1) is 36.6 Å². The van der Waals surface area contributed by atoms with Crippen LogP contribution in [0.1, 0.15) is 26.5 Å². The summed E-state index contributed by atoms with van der Waals surface area (Å²) >= 11 is 0.791.